The van der Waals surface area contributed by atoms with Crippen LogP contribution in [0.2, 0.25) is 0 Å². The molecule has 0 aromatic carbocycles. The van der Waals surface area contributed by atoms with Crippen LogP contribution in [0.15, 0.2) is 42.2 Å². The summed E-state index contributed by atoms with van der Waals surface area (Å²) in [4.78, 5) is 14.3. The highest BCUT2D eigenvalue weighted by molar-refractivity contribution is 7.13. The molecule has 1 aromatic heterocycles. The van der Waals surface area contributed by atoms with Crippen molar-refractivity contribution in [3.05, 3.63) is 63.1 Å². The molecule has 1 heterocycles. The summed E-state index contributed by atoms with van der Waals surface area (Å²) < 4.78 is 19.6. The largest absolute Gasteiger partial charge is 0.479 e. The minimum Gasteiger partial charge on any atom is -0.479 e. The van der Waals surface area contributed by atoms with E-state index in [4.69, 9.17) is 4.74 Å². The molecule has 0 spiro atoms. The topological polar surface area (TPSA) is 46.5 Å². The van der Waals surface area contributed by atoms with Crippen molar-refractivity contribution in [2.24, 2.45) is 5.41 Å². The van der Waals surface area contributed by atoms with Crippen molar-refractivity contribution < 1.29 is 19.0 Å². The third-order valence-corrected chi connectivity index (χ3v) is 6.83. The van der Waals surface area contributed by atoms with Gasteiger partial charge >= 0.3 is 5.97 Å². The third kappa shape index (κ3) is 5.35. The van der Waals surface area contributed by atoms with Gasteiger partial charge in [-0.05, 0) is 81.7 Å². The second kappa shape index (κ2) is 9.12. The van der Waals surface area contributed by atoms with Crippen LogP contribution in [0.5, 0.6) is 0 Å². The molecule has 0 saturated carbocycles. The molecule has 3 rings (SSSR count). The summed E-state index contributed by atoms with van der Waals surface area (Å²) in [6.07, 6.45) is 12.8. The molecule has 0 radical (unpaired) electrons. The van der Waals surface area contributed by atoms with Gasteiger partial charge in [-0.25, -0.2) is 4.79 Å². The zero-order valence-electron chi connectivity index (χ0n) is 18.9. The number of aliphatic carboxylic acids is 1. The third-order valence-electron chi connectivity index (χ3n) is 5.66. The van der Waals surface area contributed by atoms with Crippen molar-refractivity contribution in [1.29, 1.82) is 0 Å². The molecule has 2 aliphatic rings. The number of carboxylic acids is 1. The highest BCUT2D eigenvalue weighted by Gasteiger charge is 2.36. The van der Waals surface area contributed by atoms with Crippen molar-refractivity contribution in [3.63, 3.8) is 0 Å². The monoisotopic (exact) mass is 442 g/mol. The Morgan fingerprint density at radius 3 is 2.71 bits per heavy atom. The maximum atomic E-state index is 13.6. The number of carbonyl (C=O) groups is 1. The van der Waals surface area contributed by atoms with Gasteiger partial charge in [0.2, 0.25) is 0 Å². The van der Waals surface area contributed by atoms with Gasteiger partial charge in [-0.1, -0.05) is 25.2 Å². The van der Waals surface area contributed by atoms with E-state index in [9.17, 15) is 14.3 Å². The second-order valence-electron chi connectivity index (χ2n) is 9.58. The Morgan fingerprint density at radius 1 is 1.39 bits per heavy atom. The Kier molecular flexibility index (Phi) is 6.90. The molecule has 0 fully saturated rings. The molecule has 1 aromatic rings. The van der Waals surface area contributed by atoms with Crippen molar-refractivity contribution in [2.45, 2.75) is 65.6 Å². The van der Waals surface area contributed by atoms with Gasteiger partial charge in [-0.15, -0.1) is 17.1 Å². The predicted molar refractivity (Wildman–Crippen MR) is 126 cm³/mol. The molecule has 0 aliphatic heterocycles. The minimum absolute atomic E-state index is 0.350. The zero-order chi connectivity index (χ0) is 22.8. The van der Waals surface area contributed by atoms with Crippen LogP contribution in [0.3, 0.4) is 0 Å². The number of alkyl halides is 1. The van der Waals surface area contributed by atoms with E-state index in [1.165, 1.54) is 0 Å². The molecule has 1 N–H and O–H groups in total. The zero-order valence-corrected chi connectivity index (χ0v) is 19.7. The molecular weight excluding hydrogens is 411 g/mol. The van der Waals surface area contributed by atoms with E-state index in [0.29, 0.717) is 18.4 Å². The summed E-state index contributed by atoms with van der Waals surface area (Å²) in [5.41, 5.74) is 5.85. The smallest absolute Gasteiger partial charge is 0.337 e. The van der Waals surface area contributed by atoms with E-state index in [2.05, 4.69) is 11.8 Å². The lowest BCUT2D eigenvalue weighted by Gasteiger charge is -2.31. The van der Waals surface area contributed by atoms with E-state index in [1.807, 2.05) is 65.0 Å². The van der Waals surface area contributed by atoms with Crippen molar-refractivity contribution in [1.82, 2.24) is 0 Å². The first-order valence-electron chi connectivity index (χ1n) is 10.6. The molecule has 0 bridgehead atoms. The predicted octanol–water partition coefficient (Wildman–Crippen LogP) is 7.20. The van der Waals surface area contributed by atoms with Crippen LogP contribution in [0.25, 0.3) is 11.1 Å². The molecule has 0 amide bonds. The van der Waals surface area contributed by atoms with Crippen molar-refractivity contribution in [2.75, 3.05) is 6.67 Å². The Balaban J connectivity index is 2.20. The number of halogens is 1. The lowest BCUT2D eigenvalue weighted by Crippen LogP contribution is -2.28. The molecule has 2 unspecified atom stereocenters. The lowest BCUT2D eigenvalue weighted by atomic mass is 9.75. The number of aryl methyl sites for hydroxylation is 1. The summed E-state index contributed by atoms with van der Waals surface area (Å²) in [7, 11) is 0. The maximum Gasteiger partial charge on any atom is 0.337 e. The first-order valence-corrected chi connectivity index (χ1v) is 11.5. The maximum absolute atomic E-state index is 13.6. The van der Waals surface area contributed by atoms with Gasteiger partial charge in [0.1, 0.15) is 0 Å². The average molecular weight is 443 g/mol. The van der Waals surface area contributed by atoms with Gasteiger partial charge < -0.3 is 9.84 Å². The summed E-state index contributed by atoms with van der Waals surface area (Å²) in [5, 5.41) is 10.1. The first kappa shape index (κ1) is 23.5. The van der Waals surface area contributed by atoms with Crippen LogP contribution in [0.1, 0.15) is 73.9 Å². The molecule has 0 saturated heterocycles. The van der Waals surface area contributed by atoms with Gasteiger partial charge in [0.15, 0.2) is 6.10 Å². The van der Waals surface area contributed by atoms with Gasteiger partial charge in [-0.3, -0.25) is 4.39 Å². The van der Waals surface area contributed by atoms with Crippen molar-refractivity contribution in [3.8, 4) is 0 Å². The quantitative estimate of drug-likeness (QED) is 0.474. The highest BCUT2D eigenvalue weighted by Crippen LogP contribution is 2.47. The Morgan fingerprint density at radius 2 is 2.13 bits per heavy atom. The number of hydrogen-bond donors (Lipinski definition) is 1. The summed E-state index contributed by atoms with van der Waals surface area (Å²) in [6.45, 7) is 9.17. The minimum atomic E-state index is -1.07. The number of allylic oxidation sites excluding steroid dienone is 7. The molecule has 5 heteroatoms. The summed E-state index contributed by atoms with van der Waals surface area (Å²) in [6, 6.07) is 0. The molecule has 2 aliphatic carbocycles. The van der Waals surface area contributed by atoms with Gasteiger partial charge in [0, 0.05) is 20.9 Å². The van der Waals surface area contributed by atoms with Crippen LogP contribution >= 0.6 is 11.3 Å². The normalized spacial score (nSPS) is 22.1. The fourth-order valence-corrected chi connectivity index (χ4v) is 5.17. The SMILES string of the molecule is Cc1sc(C2=CC=C=CC=C2)c(C2=CCC(C)(CF)CC2)c1C(OC(C)(C)C)C(=O)O. The number of ether oxygens (including phenoxy) is 1. The lowest BCUT2D eigenvalue weighted by molar-refractivity contribution is -0.160. The van der Waals surface area contributed by atoms with Crippen LogP contribution in [0.4, 0.5) is 4.39 Å². The number of carboxylic acid groups (broad SMARTS) is 1. The molecule has 2 atom stereocenters. The Hall–Kier alpha value is -2.20. The summed E-state index contributed by atoms with van der Waals surface area (Å²) >= 11 is 1.59. The fourth-order valence-electron chi connectivity index (χ4n) is 3.95. The fraction of sp³-hybridized carbons (Fsp3) is 0.462. The Labute approximate surface area is 188 Å². The first-order chi connectivity index (χ1) is 14.5. The van der Waals surface area contributed by atoms with Gasteiger partial charge in [0.05, 0.1) is 12.3 Å². The van der Waals surface area contributed by atoms with Crippen LogP contribution in [-0.2, 0) is 9.53 Å². The van der Waals surface area contributed by atoms with Crippen LogP contribution in [0, 0.1) is 12.3 Å². The van der Waals surface area contributed by atoms with Gasteiger partial charge in [0.25, 0.3) is 0 Å². The van der Waals surface area contributed by atoms with Gasteiger partial charge in [-0.2, -0.15) is 0 Å². The van der Waals surface area contributed by atoms with Crippen LogP contribution in [-0.4, -0.2) is 23.4 Å². The number of hydrogen-bond acceptors (Lipinski definition) is 3. The van der Waals surface area contributed by atoms with E-state index in [1.54, 1.807) is 11.3 Å². The Bertz CT molecular complexity index is 1010. The molecule has 166 valence electrons. The summed E-state index contributed by atoms with van der Waals surface area (Å²) in [5.74, 6) is -0.999. The highest BCUT2D eigenvalue weighted by atomic mass is 32.1. The van der Waals surface area contributed by atoms with E-state index in [0.717, 1.165) is 32.9 Å². The van der Waals surface area contributed by atoms with E-state index in [-0.39, 0.29) is 12.1 Å². The van der Waals surface area contributed by atoms with Crippen molar-refractivity contribution >= 4 is 28.5 Å². The van der Waals surface area contributed by atoms with E-state index < -0.39 is 17.7 Å². The molecular formula is C26H31FO3S. The standard InChI is InChI=1S/C26H31FO3S/c1-17-20(22(24(28)29)30-25(2,3)4)21(18-12-14-26(5,16-27)15-13-18)23(31-17)19-10-8-6-7-9-11-19/h6,8-12,22H,13-16H2,1-5H3,(H,28,29). The molecule has 31 heavy (non-hydrogen) atoms. The second-order valence-corrected chi connectivity index (χ2v) is 10.8. The van der Waals surface area contributed by atoms with E-state index >= 15 is 0 Å². The number of thiophene rings is 1. The molecule has 3 nitrogen and oxygen atoms in total. The van der Waals surface area contributed by atoms with Crippen LogP contribution < -0.4 is 0 Å². The number of rotatable bonds is 6. The average Bonchev–Trinajstić information content (AvgIpc) is 2.87.